The SMILES string of the molecule is COc1cc(F)c(C(C)C)cc1-c1cnc(N(C)C)nc1CN1C(=O)OC(c2cc(C(C)(F)F)cc(C(F)(F)F)c2)C12CCC2. The zero-order valence-electron chi connectivity index (χ0n) is 25.7. The highest BCUT2D eigenvalue weighted by Gasteiger charge is 2.59. The van der Waals surface area contributed by atoms with Crippen molar-refractivity contribution in [2.75, 3.05) is 26.1 Å². The summed E-state index contributed by atoms with van der Waals surface area (Å²) >= 11 is 0. The maximum absolute atomic E-state index is 14.9. The number of aromatic nitrogens is 2. The number of rotatable bonds is 8. The number of nitrogens with zero attached hydrogens (tertiary/aromatic N) is 4. The van der Waals surface area contributed by atoms with Crippen LogP contribution in [-0.4, -0.2) is 47.7 Å². The third kappa shape index (κ3) is 5.88. The molecule has 0 N–H and O–H groups in total. The second-order valence-corrected chi connectivity index (χ2v) is 12.2. The molecular formula is C32H34F6N4O3. The Balaban J connectivity index is 1.62. The predicted octanol–water partition coefficient (Wildman–Crippen LogP) is 8.23. The maximum atomic E-state index is 14.9. The van der Waals surface area contributed by atoms with Crippen LogP contribution in [0.4, 0.5) is 37.1 Å². The highest BCUT2D eigenvalue weighted by atomic mass is 19.4. The molecule has 0 bridgehead atoms. The van der Waals surface area contributed by atoms with Gasteiger partial charge in [0.2, 0.25) is 5.95 Å². The normalized spacial score (nSPS) is 17.9. The van der Waals surface area contributed by atoms with Crippen molar-refractivity contribution >= 4 is 12.0 Å². The molecule has 1 atom stereocenters. The fourth-order valence-electron chi connectivity index (χ4n) is 6.00. The lowest BCUT2D eigenvalue weighted by molar-refractivity contribution is -0.138. The summed E-state index contributed by atoms with van der Waals surface area (Å²) in [6.45, 7) is 4.07. The van der Waals surface area contributed by atoms with Crippen LogP contribution in [0.2, 0.25) is 0 Å². The van der Waals surface area contributed by atoms with Crippen molar-refractivity contribution in [3.63, 3.8) is 0 Å². The van der Waals surface area contributed by atoms with Gasteiger partial charge >= 0.3 is 12.3 Å². The lowest BCUT2D eigenvalue weighted by Crippen LogP contribution is -2.53. The van der Waals surface area contributed by atoms with Crippen LogP contribution >= 0.6 is 0 Å². The molecule has 1 unspecified atom stereocenters. The van der Waals surface area contributed by atoms with Crippen molar-refractivity contribution in [1.82, 2.24) is 14.9 Å². The fraction of sp³-hybridized carbons (Fsp3) is 0.469. The highest BCUT2D eigenvalue weighted by molar-refractivity contribution is 5.76. The number of methoxy groups -OCH3 is 1. The van der Waals surface area contributed by atoms with Crippen LogP contribution in [0, 0.1) is 5.82 Å². The predicted molar refractivity (Wildman–Crippen MR) is 155 cm³/mol. The van der Waals surface area contributed by atoms with E-state index < -0.39 is 46.8 Å². The summed E-state index contributed by atoms with van der Waals surface area (Å²) in [7, 11) is 4.86. The van der Waals surface area contributed by atoms with Crippen LogP contribution in [0.15, 0.2) is 36.5 Å². The fourth-order valence-corrected chi connectivity index (χ4v) is 6.00. The third-order valence-corrected chi connectivity index (χ3v) is 8.57. The van der Waals surface area contributed by atoms with Gasteiger partial charge in [-0.3, -0.25) is 4.90 Å². The molecule has 7 nitrogen and oxygen atoms in total. The van der Waals surface area contributed by atoms with Gasteiger partial charge in [0, 0.05) is 50.0 Å². The Morgan fingerprint density at radius 2 is 1.73 bits per heavy atom. The number of halogens is 6. The number of hydrogen-bond donors (Lipinski definition) is 0. The minimum atomic E-state index is -4.90. The summed E-state index contributed by atoms with van der Waals surface area (Å²) in [5, 5.41) is 0. The second kappa shape index (κ2) is 11.4. The van der Waals surface area contributed by atoms with Gasteiger partial charge in [-0.15, -0.1) is 0 Å². The topological polar surface area (TPSA) is 67.8 Å². The van der Waals surface area contributed by atoms with E-state index in [1.54, 1.807) is 31.3 Å². The van der Waals surface area contributed by atoms with Crippen molar-refractivity contribution in [2.45, 2.75) is 76.2 Å². The number of amides is 1. The summed E-state index contributed by atoms with van der Waals surface area (Å²) in [6, 6.07) is 5.09. The molecule has 1 spiro atoms. The molecule has 2 heterocycles. The van der Waals surface area contributed by atoms with Gasteiger partial charge in [0.15, 0.2) is 6.10 Å². The van der Waals surface area contributed by atoms with Gasteiger partial charge in [-0.05, 0) is 60.6 Å². The Labute approximate surface area is 257 Å². The minimum Gasteiger partial charge on any atom is -0.496 e. The highest BCUT2D eigenvalue weighted by Crippen LogP contribution is 2.55. The number of cyclic esters (lactones) is 1. The van der Waals surface area contributed by atoms with Crippen LogP contribution in [0.25, 0.3) is 11.1 Å². The molecule has 1 aromatic heterocycles. The molecule has 1 saturated heterocycles. The molecule has 45 heavy (non-hydrogen) atoms. The molecule has 1 saturated carbocycles. The Bertz CT molecular complexity index is 1580. The average molecular weight is 637 g/mol. The summed E-state index contributed by atoms with van der Waals surface area (Å²) in [4.78, 5) is 25.7. The molecule has 1 aliphatic carbocycles. The first-order valence-corrected chi connectivity index (χ1v) is 14.5. The molecule has 5 rings (SSSR count). The Morgan fingerprint density at radius 3 is 2.27 bits per heavy atom. The number of ether oxygens (including phenoxy) is 2. The van der Waals surface area contributed by atoms with Crippen LogP contribution in [0.5, 0.6) is 5.75 Å². The van der Waals surface area contributed by atoms with E-state index in [0.717, 1.165) is 12.1 Å². The molecular weight excluding hydrogens is 602 g/mol. The molecule has 2 fully saturated rings. The van der Waals surface area contributed by atoms with E-state index in [-0.39, 0.29) is 23.8 Å². The number of hydrogen-bond acceptors (Lipinski definition) is 6. The maximum Gasteiger partial charge on any atom is 0.416 e. The zero-order chi connectivity index (χ0) is 33.1. The van der Waals surface area contributed by atoms with Crippen molar-refractivity contribution in [3.8, 4) is 16.9 Å². The van der Waals surface area contributed by atoms with Crippen molar-refractivity contribution in [3.05, 3.63) is 70.3 Å². The monoisotopic (exact) mass is 636 g/mol. The molecule has 13 heteroatoms. The van der Waals surface area contributed by atoms with E-state index in [4.69, 9.17) is 14.5 Å². The van der Waals surface area contributed by atoms with Gasteiger partial charge in [0.05, 0.1) is 30.5 Å². The van der Waals surface area contributed by atoms with Crippen molar-refractivity contribution in [2.24, 2.45) is 0 Å². The van der Waals surface area contributed by atoms with Gasteiger partial charge < -0.3 is 14.4 Å². The molecule has 2 aromatic carbocycles. The van der Waals surface area contributed by atoms with Crippen LogP contribution in [-0.2, 0) is 23.4 Å². The third-order valence-electron chi connectivity index (χ3n) is 8.57. The van der Waals surface area contributed by atoms with E-state index in [1.165, 1.54) is 18.1 Å². The van der Waals surface area contributed by atoms with Crippen molar-refractivity contribution < 1.29 is 40.6 Å². The first-order valence-electron chi connectivity index (χ1n) is 14.5. The summed E-state index contributed by atoms with van der Waals surface area (Å²) in [6.07, 6.45) is -4.01. The summed E-state index contributed by atoms with van der Waals surface area (Å²) in [5.41, 5.74) is -1.60. The van der Waals surface area contributed by atoms with E-state index in [0.29, 0.717) is 60.6 Å². The summed E-state index contributed by atoms with van der Waals surface area (Å²) < 4.78 is 96.2. The zero-order valence-corrected chi connectivity index (χ0v) is 25.7. The van der Waals surface area contributed by atoms with E-state index in [2.05, 4.69) is 4.98 Å². The summed E-state index contributed by atoms with van der Waals surface area (Å²) in [5.74, 6) is -3.64. The number of anilines is 1. The minimum absolute atomic E-state index is 0.138. The van der Waals surface area contributed by atoms with Gasteiger partial charge in [-0.1, -0.05) is 13.8 Å². The molecule has 2 aliphatic rings. The quantitative estimate of drug-likeness (QED) is 0.232. The van der Waals surface area contributed by atoms with Gasteiger partial charge in [-0.25, -0.2) is 27.9 Å². The number of carbonyl (C=O) groups is 1. The van der Waals surface area contributed by atoms with Crippen molar-refractivity contribution in [1.29, 1.82) is 0 Å². The average Bonchev–Trinajstić information content (AvgIpc) is 3.23. The van der Waals surface area contributed by atoms with Crippen LogP contribution in [0.3, 0.4) is 0 Å². The Morgan fingerprint density at radius 1 is 1.07 bits per heavy atom. The van der Waals surface area contributed by atoms with Crippen LogP contribution in [0.1, 0.15) is 80.0 Å². The largest absolute Gasteiger partial charge is 0.496 e. The van der Waals surface area contributed by atoms with E-state index in [9.17, 15) is 31.1 Å². The first-order chi connectivity index (χ1) is 21.0. The lowest BCUT2D eigenvalue weighted by Gasteiger charge is -2.46. The molecule has 0 radical (unpaired) electrons. The lowest BCUT2D eigenvalue weighted by atomic mass is 9.70. The second-order valence-electron chi connectivity index (χ2n) is 12.2. The van der Waals surface area contributed by atoms with Crippen LogP contribution < -0.4 is 9.64 Å². The number of alkyl halides is 5. The standard InChI is InChI=1S/C32H34F6N4O3/c1-17(2)21-13-22(26(44-6)14-24(21)33)23-15-39-28(41(4)5)40-25(23)16-42-29(43)45-27(31(42)8-7-9-31)18-10-19(30(3,34)35)12-20(11-18)32(36,37)38/h10-15,17,27H,7-9,16H2,1-6H3. The van der Waals surface area contributed by atoms with E-state index in [1.807, 2.05) is 13.8 Å². The Hall–Kier alpha value is -4.03. The van der Waals surface area contributed by atoms with Gasteiger partial charge in [-0.2, -0.15) is 13.2 Å². The molecule has 1 aliphatic heterocycles. The molecule has 1 amide bonds. The van der Waals surface area contributed by atoms with Gasteiger partial charge in [0.25, 0.3) is 5.92 Å². The van der Waals surface area contributed by atoms with Gasteiger partial charge in [0.1, 0.15) is 11.6 Å². The molecule has 3 aromatic rings. The number of benzene rings is 2. The molecule has 242 valence electrons. The smallest absolute Gasteiger partial charge is 0.416 e. The van der Waals surface area contributed by atoms with E-state index >= 15 is 0 Å². The Kier molecular flexibility index (Phi) is 8.20. The first kappa shape index (κ1) is 32.4. The number of carbonyl (C=O) groups excluding carboxylic acids is 1.